The number of halogens is 1. The summed E-state index contributed by atoms with van der Waals surface area (Å²) in [5.74, 6) is -1.36. The highest BCUT2D eigenvalue weighted by atomic mass is 79.9. The molecule has 0 radical (unpaired) electrons. The molecule has 0 aromatic heterocycles. The number of carboxylic acid groups (broad SMARTS) is 1. The van der Waals surface area contributed by atoms with Crippen LogP contribution in [-0.2, 0) is 14.2 Å². The van der Waals surface area contributed by atoms with Gasteiger partial charge in [0.25, 0.3) is 0 Å². The molecule has 6 nitrogen and oxygen atoms in total. The molecule has 0 bridgehead atoms. The molecule has 1 heterocycles. The highest BCUT2D eigenvalue weighted by Crippen LogP contribution is 2.37. The summed E-state index contributed by atoms with van der Waals surface area (Å²) in [6, 6.07) is -1.01. The lowest BCUT2D eigenvalue weighted by molar-refractivity contribution is -0.148. The third kappa shape index (κ3) is 4.41. The van der Waals surface area contributed by atoms with E-state index in [9.17, 15) is 14.2 Å². The average molecular weight is 328 g/mol. The molecule has 1 amide bonds. The Morgan fingerprint density at radius 1 is 1.71 bits per heavy atom. The van der Waals surface area contributed by atoms with E-state index < -0.39 is 19.4 Å². The maximum Gasteiger partial charge on any atom is 0.326 e. The maximum atomic E-state index is 11.6. The first-order chi connectivity index (χ1) is 7.70. The summed E-state index contributed by atoms with van der Waals surface area (Å²) >= 11 is 3.27. The van der Waals surface area contributed by atoms with E-state index in [0.717, 1.165) is 0 Å². The number of carbonyl (C=O) groups is 2. The summed E-state index contributed by atoms with van der Waals surface area (Å²) in [5, 5.41) is 9.05. The summed E-state index contributed by atoms with van der Waals surface area (Å²) in [5.41, 5.74) is 0. The number of carbonyl (C=O) groups excluding carboxylic acids is 1. The van der Waals surface area contributed by atoms with E-state index in [1.54, 1.807) is 0 Å². The fourth-order valence-electron chi connectivity index (χ4n) is 1.76. The molecule has 0 spiro atoms. The Balaban J connectivity index is 2.70. The van der Waals surface area contributed by atoms with Crippen LogP contribution in [0.25, 0.3) is 0 Å². The van der Waals surface area contributed by atoms with E-state index in [1.165, 1.54) is 11.6 Å². The first kappa shape index (κ1) is 14.7. The summed E-state index contributed by atoms with van der Waals surface area (Å²) < 4.78 is 11.2. The normalized spacial score (nSPS) is 25.7. The van der Waals surface area contributed by atoms with Crippen LogP contribution >= 0.6 is 23.3 Å². The highest BCUT2D eigenvalue weighted by molar-refractivity contribution is 9.09. The molecule has 98 valence electrons. The Labute approximate surface area is 108 Å². The Bertz CT molecular complexity index is 368. The first-order valence-corrected chi connectivity index (χ1v) is 8.37. The first-order valence-electron chi connectivity index (χ1n) is 5.16. The van der Waals surface area contributed by atoms with Gasteiger partial charge in [-0.2, -0.15) is 0 Å². The van der Waals surface area contributed by atoms with E-state index in [0.29, 0.717) is 6.54 Å². The summed E-state index contributed by atoms with van der Waals surface area (Å²) in [6.45, 7) is 1.51. The minimum atomic E-state index is -3.25. The minimum Gasteiger partial charge on any atom is -0.480 e. The molecule has 1 rings (SSSR count). The lowest BCUT2D eigenvalue weighted by Gasteiger charge is -2.24. The second-order valence-electron chi connectivity index (χ2n) is 4.26. The smallest absolute Gasteiger partial charge is 0.326 e. The van der Waals surface area contributed by atoms with Gasteiger partial charge in [-0.25, -0.2) is 4.79 Å². The number of hydrogen-bond acceptors (Lipinski definition) is 3. The van der Waals surface area contributed by atoms with Gasteiger partial charge in [-0.05, 0) is 6.42 Å². The van der Waals surface area contributed by atoms with Crippen LogP contribution < -0.4 is 0 Å². The number of hydrogen-bond donors (Lipinski definition) is 2. The topological polar surface area (TPSA) is 94.9 Å². The number of aliphatic carboxylic acids is 1. The van der Waals surface area contributed by atoms with Crippen LogP contribution in [0, 0.1) is 0 Å². The van der Waals surface area contributed by atoms with Crippen molar-refractivity contribution in [2.45, 2.75) is 23.7 Å². The summed E-state index contributed by atoms with van der Waals surface area (Å²) in [6.07, 6.45) is 0.179. The fraction of sp³-hybridized carbons (Fsp3) is 0.778. The minimum absolute atomic E-state index is 0.00503. The predicted octanol–water partition coefficient (Wildman–Crippen LogP) is 0.726. The van der Waals surface area contributed by atoms with Crippen molar-refractivity contribution in [3.8, 4) is 0 Å². The van der Waals surface area contributed by atoms with Crippen LogP contribution in [0.1, 0.15) is 12.8 Å². The number of rotatable bonds is 5. The monoisotopic (exact) mass is 327 g/mol. The highest BCUT2D eigenvalue weighted by Gasteiger charge is 2.37. The van der Waals surface area contributed by atoms with E-state index in [1.807, 2.05) is 0 Å². The molecule has 1 fully saturated rings. The standard InChI is InChI=1S/C9H15BrNO5P/c1-17(15,16)3-2-7(9(13)14)11-5-6(10)4-8(11)12/h6-7H,2-5H2,1H3,(H,13,14)(H,15,16). The largest absolute Gasteiger partial charge is 0.480 e. The third-order valence-corrected chi connectivity index (χ3v) is 4.29. The van der Waals surface area contributed by atoms with Crippen LogP contribution in [0.15, 0.2) is 0 Å². The number of nitrogens with zero attached hydrogens (tertiary/aromatic N) is 1. The zero-order valence-corrected chi connectivity index (χ0v) is 11.9. The van der Waals surface area contributed by atoms with Gasteiger partial charge in [-0.1, -0.05) is 15.9 Å². The molecule has 8 heteroatoms. The Morgan fingerprint density at radius 2 is 2.29 bits per heavy atom. The molecule has 1 aliphatic heterocycles. The van der Waals surface area contributed by atoms with Crippen molar-refractivity contribution in [2.24, 2.45) is 0 Å². The predicted molar refractivity (Wildman–Crippen MR) is 65.7 cm³/mol. The summed E-state index contributed by atoms with van der Waals surface area (Å²) in [4.78, 5) is 33.0. The molecule has 3 atom stereocenters. The van der Waals surface area contributed by atoms with Crippen LogP contribution in [0.5, 0.6) is 0 Å². The van der Waals surface area contributed by atoms with Gasteiger partial charge in [0.1, 0.15) is 6.04 Å². The molecular weight excluding hydrogens is 313 g/mol. The lowest BCUT2D eigenvalue weighted by Crippen LogP contribution is -2.42. The molecule has 17 heavy (non-hydrogen) atoms. The van der Waals surface area contributed by atoms with Crippen LogP contribution in [0.4, 0.5) is 0 Å². The maximum absolute atomic E-state index is 11.6. The fourth-order valence-corrected chi connectivity index (χ4v) is 3.07. The molecule has 1 aliphatic rings. The quantitative estimate of drug-likeness (QED) is 0.573. The van der Waals surface area contributed by atoms with Crippen molar-refractivity contribution in [2.75, 3.05) is 19.4 Å². The number of likely N-dealkylation sites (tertiary alicyclic amines) is 1. The Morgan fingerprint density at radius 3 is 2.65 bits per heavy atom. The average Bonchev–Trinajstić information content (AvgIpc) is 2.43. The molecule has 0 aliphatic carbocycles. The van der Waals surface area contributed by atoms with Crippen molar-refractivity contribution in [1.29, 1.82) is 0 Å². The number of amides is 1. The van der Waals surface area contributed by atoms with Gasteiger partial charge in [-0.15, -0.1) is 0 Å². The molecular formula is C9H15BrNO5P. The van der Waals surface area contributed by atoms with Gasteiger partial charge < -0.3 is 14.9 Å². The van der Waals surface area contributed by atoms with Gasteiger partial charge in [0.15, 0.2) is 7.37 Å². The van der Waals surface area contributed by atoms with Crippen LogP contribution in [-0.4, -0.2) is 57.0 Å². The van der Waals surface area contributed by atoms with Crippen molar-refractivity contribution in [3.63, 3.8) is 0 Å². The van der Waals surface area contributed by atoms with Crippen LogP contribution in [0.2, 0.25) is 0 Å². The Kier molecular flexibility index (Phi) is 4.75. The second-order valence-corrected chi connectivity index (χ2v) is 8.11. The van der Waals surface area contributed by atoms with Crippen molar-refractivity contribution >= 4 is 35.2 Å². The molecule has 2 N–H and O–H groups in total. The van der Waals surface area contributed by atoms with E-state index in [4.69, 9.17) is 10.00 Å². The van der Waals surface area contributed by atoms with Gasteiger partial charge in [0, 0.05) is 30.6 Å². The molecule has 0 aromatic carbocycles. The number of carboxylic acids is 1. The van der Waals surface area contributed by atoms with E-state index in [-0.39, 0.29) is 29.7 Å². The molecule has 1 saturated heterocycles. The Hall–Kier alpha value is -0.390. The van der Waals surface area contributed by atoms with Crippen LogP contribution in [0.3, 0.4) is 0 Å². The van der Waals surface area contributed by atoms with Crippen molar-refractivity contribution in [3.05, 3.63) is 0 Å². The lowest BCUT2D eigenvalue weighted by atomic mass is 10.2. The second kappa shape index (κ2) is 5.50. The molecule has 0 saturated carbocycles. The number of alkyl halides is 1. The zero-order valence-electron chi connectivity index (χ0n) is 9.37. The van der Waals surface area contributed by atoms with Gasteiger partial charge in [0.2, 0.25) is 5.91 Å². The van der Waals surface area contributed by atoms with Gasteiger partial charge >= 0.3 is 5.97 Å². The third-order valence-electron chi connectivity index (χ3n) is 2.59. The molecule has 3 unspecified atom stereocenters. The molecule has 0 aromatic rings. The summed E-state index contributed by atoms with van der Waals surface area (Å²) in [7, 11) is -3.25. The van der Waals surface area contributed by atoms with Gasteiger partial charge in [-0.3, -0.25) is 9.36 Å². The van der Waals surface area contributed by atoms with E-state index in [2.05, 4.69) is 15.9 Å². The van der Waals surface area contributed by atoms with E-state index >= 15 is 0 Å². The SMILES string of the molecule is CP(=O)(O)CCC(C(=O)O)N1CC(Br)CC1=O. The van der Waals surface area contributed by atoms with Crippen molar-refractivity contribution in [1.82, 2.24) is 4.90 Å². The zero-order chi connectivity index (χ0) is 13.2. The van der Waals surface area contributed by atoms with Crippen molar-refractivity contribution < 1.29 is 24.2 Å². The van der Waals surface area contributed by atoms with Gasteiger partial charge in [0.05, 0.1) is 0 Å².